The number of rotatable bonds is 7. The van der Waals surface area contributed by atoms with Gasteiger partial charge in [0.15, 0.2) is 16.7 Å². The molecule has 0 aliphatic rings. The van der Waals surface area contributed by atoms with Crippen LogP contribution in [0.3, 0.4) is 0 Å². The molecule has 0 radical (unpaired) electrons. The Morgan fingerprint density at radius 1 is 1.30 bits per heavy atom. The molecule has 2 aromatic carbocycles. The van der Waals surface area contributed by atoms with E-state index >= 15 is 0 Å². The lowest BCUT2D eigenvalue weighted by molar-refractivity contribution is 0.216. The summed E-state index contributed by atoms with van der Waals surface area (Å²) in [6, 6.07) is 4.62. The molecule has 6 nitrogen and oxygen atoms in total. The van der Waals surface area contributed by atoms with Crippen molar-refractivity contribution in [2.24, 2.45) is 0 Å². The summed E-state index contributed by atoms with van der Waals surface area (Å²) in [6.07, 6.45) is -0.396. The summed E-state index contributed by atoms with van der Waals surface area (Å²) in [5.74, 6) is -1.42. The molecule has 2 amide bonds. The second-order valence-corrected chi connectivity index (χ2v) is 8.06. The van der Waals surface area contributed by atoms with E-state index in [9.17, 15) is 13.6 Å². The number of carbonyl (C=O) groups excluding carboxylic acids is 1. The van der Waals surface area contributed by atoms with E-state index in [0.717, 1.165) is 17.4 Å². The first kappa shape index (κ1) is 22.5. The second kappa shape index (κ2) is 9.74. The number of nitrogens with one attached hydrogen (secondary N) is 2. The molecule has 0 bridgehead atoms. The van der Waals surface area contributed by atoms with Crippen LogP contribution >= 0.6 is 34.5 Å². The van der Waals surface area contributed by atoms with Gasteiger partial charge >= 0.3 is 6.03 Å². The van der Waals surface area contributed by atoms with E-state index in [1.807, 2.05) is 0 Å². The summed E-state index contributed by atoms with van der Waals surface area (Å²) >= 11 is 13.2. The van der Waals surface area contributed by atoms with Crippen molar-refractivity contribution in [2.75, 3.05) is 18.5 Å². The van der Waals surface area contributed by atoms with Gasteiger partial charge in [-0.2, -0.15) is 0 Å². The Morgan fingerprint density at radius 2 is 2.07 bits per heavy atom. The van der Waals surface area contributed by atoms with Gasteiger partial charge in [-0.15, -0.1) is 0 Å². The Morgan fingerprint density at radius 3 is 2.80 bits per heavy atom. The molecule has 0 saturated heterocycles. The van der Waals surface area contributed by atoms with E-state index < -0.39 is 23.8 Å². The molecule has 0 aliphatic heterocycles. The van der Waals surface area contributed by atoms with Gasteiger partial charge in [-0.25, -0.2) is 18.6 Å². The molecule has 30 heavy (non-hydrogen) atoms. The number of hydrogen-bond acceptors (Lipinski definition) is 5. The number of carbonyl (C=O) groups is 1. The van der Waals surface area contributed by atoms with Crippen molar-refractivity contribution in [3.63, 3.8) is 0 Å². The maximum atomic E-state index is 14.5. The number of aliphatic hydroxyl groups is 1. The first-order valence-corrected chi connectivity index (χ1v) is 10.4. The Hall–Kier alpha value is -2.20. The lowest BCUT2D eigenvalue weighted by Gasteiger charge is -2.18. The Kier molecular flexibility index (Phi) is 7.30. The number of amides is 2. The molecular weight excluding hydrogens is 459 g/mol. The maximum absolute atomic E-state index is 14.5. The van der Waals surface area contributed by atoms with Crippen LogP contribution in [0.1, 0.15) is 25.0 Å². The van der Waals surface area contributed by atoms with Crippen molar-refractivity contribution in [3.8, 4) is 5.75 Å². The zero-order chi connectivity index (χ0) is 21.8. The monoisotopic (exact) mass is 475 g/mol. The van der Waals surface area contributed by atoms with Crippen LogP contribution in [0.2, 0.25) is 10.0 Å². The normalized spacial score (nSPS) is 12.1. The summed E-state index contributed by atoms with van der Waals surface area (Å²) in [7, 11) is 0. The number of halogens is 4. The molecular formula is C19H17Cl2F2N3O3S. The van der Waals surface area contributed by atoms with Crippen molar-refractivity contribution in [2.45, 2.75) is 19.4 Å². The van der Waals surface area contributed by atoms with E-state index in [1.165, 1.54) is 18.2 Å². The fourth-order valence-electron chi connectivity index (χ4n) is 2.66. The molecule has 0 spiro atoms. The van der Waals surface area contributed by atoms with Crippen molar-refractivity contribution in [1.82, 2.24) is 10.3 Å². The minimum Gasteiger partial charge on any atom is -0.483 e. The predicted octanol–water partition coefficient (Wildman–Crippen LogP) is 5.53. The first-order valence-electron chi connectivity index (χ1n) is 8.86. The minimum atomic E-state index is -0.824. The van der Waals surface area contributed by atoms with Gasteiger partial charge in [-0.05, 0) is 25.5 Å². The highest BCUT2D eigenvalue weighted by atomic mass is 35.5. The van der Waals surface area contributed by atoms with Crippen LogP contribution in [0, 0.1) is 11.6 Å². The van der Waals surface area contributed by atoms with Crippen molar-refractivity contribution < 1.29 is 23.4 Å². The van der Waals surface area contributed by atoms with Gasteiger partial charge in [0.25, 0.3) is 0 Å². The van der Waals surface area contributed by atoms with Gasteiger partial charge in [-0.1, -0.05) is 34.5 Å². The van der Waals surface area contributed by atoms with Crippen molar-refractivity contribution in [1.29, 1.82) is 0 Å². The fourth-order valence-corrected chi connectivity index (χ4v) is 4.21. The molecule has 3 N–H and O–H groups in total. The van der Waals surface area contributed by atoms with Crippen LogP contribution < -0.4 is 15.4 Å². The largest absolute Gasteiger partial charge is 0.483 e. The number of benzene rings is 2. The quantitative estimate of drug-likeness (QED) is 0.310. The van der Waals surface area contributed by atoms with E-state index in [-0.39, 0.29) is 33.1 Å². The van der Waals surface area contributed by atoms with Gasteiger partial charge in [0.05, 0.1) is 15.2 Å². The number of aliphatic hydroxyl groups excluding tert-OH is 1. The lowest BCUT2D eigenvalue weighted by Crippen LogP contribution is -2.29. The van der Waals surface area contributed by atoms with E-state index in [1.54, 1.807) is 6.92 Å². The lowest BCUT2D eigenvalue weighted by atomic mass is 10.1. The van der Waals surface area contributed by atoms with Crippen LogP contribution in [-0.4, -0.2) is 29.3 Å². The zero-order valence-electron chi connectivity index (χ0n) is 15.6. The number of hydrogen-bond donors (Lipinski definition) is 3. The number of aromatic nitrogens is 1. The third-order valence-corrected chi connectivity index (χ3v) is 5.72. The first-order chi connectivity index (χ1) is 14.3. The molecule has 3 aromatic rings. The average molecular weight is 476 g/mol. The van der Waals surface area contributed by atoms with Crippen molar-refractivity contribution in [3.05, 3.63) is 51.5 Å². The minimum absolute atomic E-state index is 0.0338. The van der Waals surface area contributed by atoms with Gasteiger partial charge in [0.2, 0.25) is 0 Å². The Balaban J connectivity index is 1.80. The zero-order valence-corrected chi connectivity index (χ0v) is 18.0. The van der Waals surface area contributed by atoms with E-state index in [4.69, 9.17) is 33.0 Å². The second-order valence-electron chi connectivity index (χ2n) is 6.24. The number of fused-ring (bicyclic) bond motifs is 1. The highest BCUT2D eigenvalue weighted by Gasteiger charge is 2.21. The summed E-state index contributed by atoms with van der Waals surface area (Å²) in [5, 5.41) is 14.1. The molecule has 0 aliphatic carbocycles. The highest BCUT2D eigenvalue weighted by Crippen LogP contribution is 2.37. The average Bonchev–Trinajstić information content (AvgIpc) is 3.06. The summed E-state index contributed by atoms with van der Waals surface area (Å²) in [6.45, 7) is 1.85. The fraction of sp³-hybridized carbons (Fsp3) is 0.263. The van der Waals surface area contributed by atoms with Gasteiger partial charge in [0, 0.05) is 35.9 Å². The Labute approximate surface area is 184 Å². The number of urea groups is 1. The molecule has 0 fully saturated rings. The summed E-state index contributed by atoms with van der Waals surface area (Å²) in [5.41, 5.74) is 0.550. The van der Waals surface area contributed by atoms with Crippen LogP contribution in [0.15, 0.2) is 24.3 Å². The molecule has 3 rings (SSSR count). The third-order valence-electron chi connectivity index (χ3n) is 4.07. The number of anilines is 1. The van der Waals surface area contributed by atoms with Gasteiger partial charge in [0.1, 0.15) is 11.9 Å². The van der Waals surface area contributed by atoms with Crippen LogP contribution in [-0.2, 0) is 0 Å². The molecule has 1 heterocycles. The molecule has 1 atom stereocenters. The van der Waals surface area contributed by atoms with Gasteiger partial charge in [-0.3, -0.25) is 5.32 Å². The van der Waals surface area contributed by atoms with Crippen molar-refractivity contribution >= 4 is 55.9 Å². The Bertz CT molecular complexity index is 1080. The third kappa shape index (κ3) is 5.10. The molecule has 1 aromatic heterocycles. The smallest absolute Gasteiger partial charge is 0.321 e. The molecule has 160 valence electrons. The summed E-state index contributed by atoms with van der Waals surface area (Å²) in [4.78, 5) is 16.0. The molecule has 1 unspecified atom stereocenters. The maximum Gasteiger partial charge on any atom is 0.321 e. The standard InChI is InChI=1S/C19H17Cl2F2N3O3S/c1-9(16-10(20)3-4-11(22)17(16)21)29-14-8-15-13(7-12(14)23)25-19(30-15)26-18(28)24-5-2-6-27/h3-4,7-9,27H,2,5-6H2,1H3,(H2,24,25,26,28). The number of ether oxygens (including phenoxy) is 1. The topological polar surface area (TPSA) is 83.5 Å². The van der Waals surface area contributed by atoms with Gasteiger partial charge < -0.3 is 15.2 Å². The predicted molar refractivity (Wildman–Crippen MR) is 114 cm³/mol. The van der Waals surface area contributed by atoms with E-state index in [2.05, 4.69) is 15.6 Å². The molecule has 0 saturated carbocycles. The van der Waals surface area contributed by atoms with E-state index in [0.29, 0.717) is 23.2 Å². The number of nitrogens with zero attached hydrogens (tertiary/aromatic N) is 1. The highest BCUT2D eigenvalue weighted by molar-refractivity contribution is 7.22. The molecule has 11 heteroatoms. The number of thiazole rings is 1. The van der Waals surface area contributed by atoms with Crippen LogP contribution in [0.4, 0.5) is 18.7 Å². The van der Waals surface area contributed by atoms with Crippen LogP contribution in [0.25, 0.3) is 10.2 Å². The SMILES string of the molecule is CC(Oc1cc2sc(NC(=O)NCCCO)nc2cc1F)c1c(Cl)ccc(F)c1Cl. The summed E-state index contributed by atoms with van der Waals surface area (Å²) < 4.78 is 34.5. The van der Waals surface area contributed by atoms with Crippen LogP contribution in [0.5, 0.6) is 5.75 Å².